The number of halogens is 2. The van der Waals surface area contributed by atoms with Crippen LogP contribution in [0.3, 0.4) is 0 Å². The first-order valence-electron chi connectivity index (χ1n) is 5.13. The molecule has 0 unspecified atom stereocenters. The lowest BCUT2D eigenvalue weighted by Crippen LogP contribution is -2.05. The number of benzene rings is 1. The van der Waals surface area contributed by atoms with Crippen molar-refractivity contribution in [1.29, 1.82) is 0 Å². The summed E-state index contributed by atoms with van der Waals surface area (Å²) in [6.07, 6.45) is 1.67. The van der Waals surface area contributed by atoms with Gasteiger partial charge in [0.15, 0.2) is 0 Å². The molecule has 0 aliphatic rings. The highest BCUT2D eigenvalue weighted by Crippen LogP contribution is 2.19. The average Bonchev–Trinajstić information content (AvgIpc) is 2.32. The molecule has 17 heavy (non-hydrogen) atoms. The highest BCUT2D eigenvalue weighted by atomic mass is 79.9. The number of aromatic nitrogens is 2. The smallest absolute Gasteiger partial charge is 0.144 e. The van der Waals surface area contributed by atoms with E-state index >= 15 is 0 Å². The van der Waals surface area contributed by atoms with Crippen LogP contribution in [0, 0.1) is 12.7 Å². The molecule has 0 bridgehead atoms. The summed E-state index contributed by atoms with van der Waals surface area (Å²) in [6.45, 7) is 2.20. The van der Waals surface area contributed by atoms with Crippen LogP contribution in [-0.2, 0) is 6.54 Å². The van der Waals surface area contributed by atoms with Gasteiger partial charge in [-0.3, -0.25) is 0 Å². The molecule has 1 N–H and O–H groups in total. The Labute approximate surface area is 107 Å². The van der Waals surface area contributed by atoms with Crippen molar-refractivity contribution in [3.63, 3.8) is 0 Å². The third-order valence-corrected chi connectivity index (χ3v) is 2.85. The minimum atomic E-state index is -0.220. The van der Waals surface area contributed by atoms with E-state index in [2.05, 4.69) is 31.2 Å². The Morgan fingerprint density at radius 3 is 2.88 bits per heavy atom. The largest absolute Gasteiger partial charge is 0.365 e. The van der Waals surface area contributed by atoms with Gasteiger partial charge >= 0.3 is 0 Å². The number of nitrogens with one attached hydrogen (secondary N) is 1. The van der Waals surface area contributed by atoms with E-state index in [0.29, 0.717) is 23.8 Å². The van der Waals surface area contributed by atoms with Crippen molar-refractivity contribution in [3.05, 3.63) is 52.1 Å². The van der Waals surface area contributed by atoms with Crippen LogP contribution < -0.4 is 5.32 Å². The van der Waals surface area contributed by atoms with Crippen LogP contribution >= 0.6 is 15.9 Å². The van der Waals surface area contributed by atoms with E-state index < -0.39 is 0 Å². The van der Waals surface area contributed by atoms with E-state index in [0.717, 1.165) is 4.47 Å². The van der Waals surface area contributed by atoms with Crippen molar-refractivity contribution < 1.29 is 4.39 Å². The molecule has 2 rings (SSSR count). The number of nitrogens with zero attached hydrogens (tertiary/aromatic N) is 2. The van der Waals surface area contributed by atoms with E-state index in [1.807, 2.05) is 0 Å². The van der Waals surface area contributed by atoms with Gasteiger partial charge in [-0.1, -0.05) is 18.2 Å². The van der Waals surface area contributed by atoms with Crippen molar-refractivity contribution in [2.24, 2.45) is 0 Å². The predicted octanol–water partition coefficient (Wildman–Crippen LogP) is 3.30. The number of hydrogen-bond acceptors (Lipinski definition) is 3. The van der Waals surface area contributed by atoms with Crippen molar-refractivity contribution in [3.8, 4) is 0 Å². The SMILES string of the molecule is Cc1ncc(Br)c(NCc2ccccc2F)n1. The second kappa shape index (κ2) is 5.23. The van der Waals surface area contributed by atoms with E-state index in [1.165, 1.54) is 6.07 Å². The van der Waals surface area contributed by atoms with Crippen molar-refractivity contribution in [1.82, 2.24) is 9.97 Å². The van der Waals surface area contributed by atoms with Gasteiger partial charge in [0, 0.05) is 18.3 Å². The third kappa shape index (κ3) is 3.00. The van der Waals surface area contributed by atoms with Gasteiger partial charge in [0.2, 0.25) is 0 Å². The molecule has 0 spiro atoms. The topological polar surface area (TPSA) is 37.8 Å². The molecular weight excluding hydrogens is 285 g/mol. The summed E-state index contributed by atoms with van der Waals surface area (Å²) >= 11 is 3.34. The Kier molecular flexibility index (Phi) is 3.68. The van der Waals surface area contributed by atoms with E-state index in [1.54, 1.807) is 31.3 Å². The number of hydrogen-bond donors (Lipinski definition) is 1. The summed E-state index contributed by atoms with van der Waals surface area (Å²) in [6, 6.07) is 6.66. The minimum Gasteiger partial charge on any atom is -0.365 e. The van der Waals surface area contributed by atoms with Crippen LogP contribution in [0.15, 0.2) is 34.9 Å². The molecule has 88 valence electrons. The number of rotatable bonds is 3. The van der Waals surface area contributed by atoms with Gasteiger partial charge in [0.1, 0.15) is 17.5 Å². The Bertz CT molecular complexity index is 531. The second-order valence-electron chi connectivity index (χ2n) is 3.56. The fourth-order valence-electron chi connectivity index (χ4n) is 1.40. The molecule has 0 aliphatic carbocycles. The van der Waals surface area contributed by atoms with E-state index in [4.69, 9.17) is 0 Å². The van der Waals surface area contributed by atoms with Crippen LogP contribution in [0.1, 0.15) is 11.4 Å². The first kappa shape index (κ1) is 12.0. The maximum absolute atomic E-state index is 13.4. The fraction of sp³-hybridized carbons (Fsp3) is 0.167. The Morgan fingerprint density at radius 1 is 1.35 bits per heavy atom. The zero-order valence-corrected chi connectivity index (χ0v) is 10.8. The van der Waals surface area contributed by atoms with Crippen LogP contribution in [0.2, 0.25) is 0 Å². The Morgan fingerprint density at radius 2 is 2.12 bits per heavy atom. The molecule has 0 aliphatic heterocycles. The lowest BCUT2D eigenvalue weighted by Gasteiger charge is -2.08. The molecule has 3 nitrogen and oxygen atoms in total. The molecule has 2 aromatic rings. The highest BCUT2D eigenvalue weighted by molar-refractivity contribution is 9.10. The summed E-state index contributed by atoms with van der Waals surface area (Å²) in [4.78, 5) is 8.27. The van der Waals surface area contributed by atoms with Gasteiger partial charge in [-0.2, -0.15) is 0 Å². The molecule has 0 radical (unpaired) electrons. The molecule has 0 saturated heterocycles. The van der Waals surface area contributed by atoms with Crippen LogP contribution in [0.5, 0.6) is 0 Å². The zero-order chi connectivity index (χ0) is 12.3. The number of anilines is 1. The maximum atomic E-state index is 13.4. The van der Waals surface area contributed by atoms with Crippen LogP contribution in [0.4, 0.5) is 10.2 Å². The van der Waals surface area contributed by atoms with Gasteiger partial charge in [-0.25, -0.2) is 14.4 Å². The first-order chi connectivity index (χ1) is 8.16. The molecular formula is C12H11BrFN3. The normalized spacial score (nSPS) is 10.3. The van der Waals surface area contributed by atoms with Crippen LogP contribution in [-0.4, -0.2) is 9.97 Å². The van der Waals surface area contributed by atoms with Crippen LogP contribution in [0.25, 0.3) is 0 Å². The van der Waals surface area contributed by atoms with Crippen molar-refractivity contribution in [2.45, 2.75) is 13.5 Å². The standard InChI is InChI=1S/C12H11BrFN3/c1-8-15-7-10(13)12(17-8)16-6-9-4-2-3-5-11(9)14/h2-5,7H,6H2,1H3,(H,15,16,17). The first-order valence-corrected chi connectivity index (χ1v) is 5.92. The molecule has 0 fully saturated rings. The lowest BCUT2D eigenvalue weighted by molar-refractivity contribution is 0.613. The van der Waals surface area contributed by atoms with Gasteiger partial charge < -0.3 is 5.32 Å². The summed E-state index contributed by atoms with van der Waals surface area (Å²) < 4.78 is 14.2. The Hall–Kier alpha value is -1.49. The Balaban J connectivity index is 2.12. The van der Waals surface area contributed by atoms with Gasteiger partial charge in [-0.05, 0) is 28.9 Å². The highest BCUT2D eigenvalue weighted by Gasteiger charge is 2.04. The molecule has 0 amide bonds. The van der Waals surface area contributed by atoms with Crippen molar-refractivity contribution in [2.75, 3.05) is 5.32 Å². The molecule has 1 aromatic carbocycles. The number of aryl methyl sites for hydroxylation is 1. The summed E-state index contributed by atoms with van der Waals surface area (Å²) in [7, 11) is 0. The predicted molar refractivity (Wildman–Crippen MR) is 68.2 cm³/mol. The summed E-state index contributed by atoms with van der Waals surface area (Å²) in [5.74, 6) is 1.12. The van der Waals surface area contributed by atoms with Crippen molar-refractivity contribution >= 4 is 21.7 Å². The van der Waals surface area contributed by atoms with Gasteiger partial charge in [0.25, 0.3) is 0 Å². The summed E-state index contributed by atoms with van der Waals surface area (Å²) in [5, 5.41) is 3.07. The zero-order valence-electron chi connectivity index (χ0n) is 9.24. The fourth-order valence-corrected chi connectivity index (χ4v) is 1.73. The monoisotopic (exact) mass is 295 g/mol. The van der Waals surface area contributed by atoms with E-state index in [9.17, 15) is 4.39 Å². The third-order valence-electron chi connectivity index (χ3n) is 2.27. The molecule has 1 heterocycles. The molecule has 0 atom stereocenters. The quantitative estimate of drug-likeness (QED) is 0.944. The summed E-state index contributed by atoms with van der Waals surface area (Å²) in [5.41, 5.74) is 0.607. The van der Waals surface area contributed by atoms with Gasteiger partial charge in [-0.15, -0.1) is 0 Å². The second-order valence-corrected chi connectivity index (χ2v) is 4.41. The van der Waals surface area contributed by atoms with Gasteiger partial charge in [0.05, 0.1) is 4.47 Å². The molecule has 0 saturated carbocycles. The molecule has 5 heteroatoms. The minimum absolute atomic E-state index is 0.220. The maximum Gasteiger partial charge on any atom is 0.144 e. The average molecular weight is 296 g/mol. The van der Waals surface area contributed by atoms with E-state index in [-0.39, 0.29) is 5.82 Å². The molecule has 1 aromatic heterocycles. The lowest BCUT2D eigenvalue weighted by atomic mass is 10.2.